The average molecular weight is 1070 g/mol. The van der Waals surface area contributed by atoms with E-state index in [1.165, 1.54) is 36.9 Å². The molecule has 9 N–H and O–H groups in total. The third-order valence-corrected chi connectivity index (χ3v) is 14.5. The van der Waals surface area contributed by atoms with Gasteiger partial charge in [-0.25, -0.2) is 14.0 Å². The molecule has 4 heterocycles. The number of pyridine rings is 1. The third-order valence-electron chi connectivity index (χ3n) is 14.0. The van der Waals surface area contributed by atoms with Crippen LogP contribution in [0.25, 0.3) is 0 Å². The van der Waals surface area contributed by atoms with Crippen molar-refractivity contribution in [2.24, 2.45) is 17.8 Å². The van der Waals surface area contributed by atoms with Gasteiger partial charge in [0.2, 0.25) is 11.8 Å². The predicted molar refractivity (Wildman–Crippen MR) is 253 cm³/mol. The van der Waals surface area contributed by atoms with Crippen molar-refractivity contribution in [3.8, 4) is 5.88 Å². The molecule has 6 rings (SSSR count). The van der Waals surface area contributed by atoms with Gasteiger partial charge in [-0.2, -0.15) is 8.42 Å². The zero-order valence-electron chi connectivity index (χ0n) is 41.7. The number of carboxylic acids is 1. The topological polar surface area (TPSA) is 376 Å². The van der Waals surface area contributed by atoms with Gasteiger partial charge in [0.15, 0.2) is 18.7 Å². The lowest BCUT2D eigenvalue weighted by Crippen LogP contribution is -2.67. The van der Waals surface area contributed by atoms with Crippen LogP contribution in [-0.2, 0) is 65.8 Å². The molecule has 26 nitrogen and oxygen atoms in total. The molecule has 2 amide bonds. The lowest BCUT2D eigenvalue weighted by Gasteiger charge is -2.49. The Morgan fingerprint density at radius 2 is 1.70 bits per heavy atom. The minimum Gasteiger partial charge on any atom is -0.479 e. The normalized spacial score (nSPS) is 31.3. The Bertz CT molecular complexity index is 2240. The molecule has 2 aliphatic heterocycles. The molecule has 2 saturated heterocycles. The van der Waals surface area contributed by atoms with Gasteiger partial charge < -0.3 is 69.7 Å². The number of carbonyl (C=O) groups is 4. The first-order valence-corrected chi connectivity index (χ1v) is 26.6. The van der Waals surface area contributed by atoms with Crippen LogP contribution >= 0.6 is 0 Å². The summed E-state index contributed by atoms with van der Waals surface area (Å²) in [5.41, 5.74) is 0.670. The van der Waals surface area contributed by atoms with Gasteiger partial charge >= 0.3 is 16.4 Å². The maximum absolute atomic E-state index is 14.1. The van der Waals surface area contributed by atoms with Crippen LogP contribution in [0.5, 0.6) is 5.88 Å². The summed E-state index contributed by atoms with van der Waals surface area (Å²) >= 11 is 0. The first-order valence-electron chi connectivity index (χ1n) is 25.3. The molecule has 27 heteroatoms. The first kappa shape index (κ1) is 58.9. The van der Waals surface area contributed by atoms with Crippen molar-refractivity contribution in [1.29, 1.82) is 0 Å². The molecule has 0 radical (unpaired) electrons. The van der Waals surface area contributed by atoms with E-state index in [2.05, 4.69) is 30.1 Å². The Balaban J connectivity index is 1.10. The number of nitrogens with one attached hydrogen (secondary N) is 2. The quantitative estimate of drug-likeness (QED) is 0.0441. The van der Waals surface area contributed by atoms with Crippen molar-refractivity contribution < 1.29 is 95.4 Å². The average Bonchev–Trinajstić information content (AvgIpc) is 3.83. The Morgan fingerprint density at radius 1 is 0.946 bits per heavy atom. The van der Waals surface area contributed by atoms with Gasteiger partial charge in [0, 0.05) is 44.6 Å². The number of ether oxygens (including phenoxy) is 6. The lowest BCUT2D eigenvalue weighted by atomic mass is 9.74. The Hall–Kier alpha value is -4.36. The molecule has 74 heavy (non-hydrogen) atoms. The number of hydrogen-bond acceptors (Lipinski definition) is 21. The number of aliphatic carboxylic acids is 1. The summed E-state index contributed by atoms with van der Waals surface area (Å²) in [6.07, 6.45) is -7.76. The highest BCUT2D eigenvalue weighted by Crippen LogP contribution is 2.40. The number of aryl methyl sites for hydroxylation is 1. The van der Waals surface area contributed by atoms with Gasteiger partial charge in [-0.05, 0) is 56.9 Å². The van der Waals surface area contributed by atoms with Gasteiger partial charge in [-0.3, -0.25) is 23.6 Å². The Kier molecular flexibility index (Phi) is 22.0. The number of aliphatic hydroxyl groups is 5. The highest BCUT2D eigenvalue weighted by Gasteiger charge is 2.53. The molecule has 6 unspecified atom stereocenters. The molecule has 416 valence electrons. The van der Waals surface area contributed by atoms with Crippen molar-refractivity contribution >= 4 is 34.0 Å². The van der Waals surface area contributed by atoms with Crippen molar-refractivity contribution in [2.75, 3.05) is 19.8 Å². The molecular weight excluding hydrogens is 1000 g/mol. The van der Waals surface area contributed by atoms with E-state index in [-0.39, 0.29) is 88.0 Å². The molecule has 15 atom stereocenters. The van der Waals surface area contributed by atoms with Gasteiger partial charge in [0.1, 0.15) is 60.7 Å². The number of amides is 2. The van der Waals surface area contributed by atoms with Gasteiger partial charge in [-0.1, -0.05) is 50.7 Å². The Morgan fingerprint density at radius 3 is 2.36 bits per heavy atom. The molecule has 4 aliphatic rings. The zero-order valence-corrected chi connectivity index (χ0v) is 42.5. The maximum Gasteiger partial charge on any atom is 0.397 e. The first-order chi connectivity index (χ1) is 35.2. The number of carboxylic acid groups (broad SMARTS) is 1. The number of ketones is 1. The number of hydrogen-bond donors (Lipinski definition) is 9. The van der Waals surface area contributed by atoms with Crippen LogP contribution < -0.4 is 15.4 Å². The monoisotopic (exact) mass is 1070 g/mol. The van der Waals surface area contributed by atoms with Crippen LogP contribution in [0.1, 0.15) is 114 Å². The third kappa shape index (κ3) is 16.6. The van der Waals surface area contributed by atoms with E-state index in [0.717, 1.165) is 32.1 Å². The minimum atomic E-state index is -4.53. The largest absolute Gasteiger partial charge is 0.479 e. The van der Waals surface area contributed by atoms with E-state index in [9.17, 15) is 58.2 Å². The highest BCUT2D eigenvalue weighted by atomic mass is 32.3. The molecule has 0 aromatic carbocycles. The molecular formula is C47H72N6O20S. The zero-order chi connectivity index (χ0) is 53.7. The number of rotatable bonds is 26. The second kappa shape index (κ2) is 27.6. The summed E-state index contributed by atoms with van der Waals surface area (Å²) in [6.45, 7) is 3.96. The van der Waals surface area contributed by atoms with E-state index in [1.54, 1.807) is 6.20 Å². The second-order valence-corrected chi connectivity index (χ2v) is 20.6. The maximum atomic E-state index is 14.1. The minimum absolute atomic E-state index is 0.00649. The predicted octanol–water partition coefficient (Wildman–Crippen LogP) is -0.0336. The van der Waals surface area contributed by atoms with Gasteiger partial charge in [0.25, 0.3) is 5.91 Å². The summed E-state index contributed by atoms with van der Waals surface area (Å²) < 4.78 is 72.7. The summed E-state index contributed by atoms with van der Waals surface area (Å²) in [7, 11) is -4.53. The van der Waals surface area contributed by atoms with E-state index in [0.29, 0.717) is 12.1 Å². The molecule has 0 spiro atoms. The van der Waals surface area contributed by atoms with E-state index >= 15 is 0 Å². The van der Waals surface area contributed by atoms with Crippen LogP contribution in [0, 0.1) is 17.8 Å². The fourth-order valence-corrected chi connectivity index (χ4v) is 10.4. The van der Waals surface area contributed by atoms with Crippen LogP contribution in [0.2, 0.25) is 0 Å². The molecule has 2 aromatic heterocycles. The second-order valence-electron chi connectivity index (χ2n) is 19.5. The van der Waals surface area contributed by atoms with Crippen LogP contribution in [0.4, 0.5) is 0 Å². The Labute approximate surface area is 428 Å². The number of aliphatic hydroxyl groups excluding tert-OH is 5. The number of Topliss-reactive ketones (excluding diaryl/α,β-unsaturated/α-hetero) is 1. The van der Waals surface area contributed by atoms with Gasteiger partial charge in [-0.15, -0.1) is 5.10 Å². The summed E-state index contributed by atoms with van der Waals surface area (Å²) in [5, 5.41) is 77.8. The lowest BCUT2D eigenvalue weighted by molar-refractivity contribution is -0.338. The molecule has 2 aliphatic carbocycles. The van der Waals surface area contributed by atoms with E-state index in [1.807, 2.05) is 6.92 Å². The molecule has 2 aromatic rings. The summed E-state index contributed by atoms with van der Waals surface area (Å²) in [5.74, 6) is -3.35. The van der Waals surface area contributed by atoms with Crippen LogP contribution in [0.3, 0.4) is 0 Å². The van der Waals surface area contributed by atoms with Crippen molar-refractivity contribution in [1.82, 2.24) is 30.6 Å². The van der Waals surface area contributed by atoms with Crippen LogP contribution in [-0.4, -0.2) is 187 Å². The number of aromatic nitrogens is 4. The summed E-state index contributed by atoms with van der Waals surface area (Å²) in [4.78, 5) is 56.8. The number of nitrogens with zero attached hydrogens (tertiary/aromatic N) is 4. The molecule has 2 saturated carbocycles. The SMILES string of the molecule is CCC1CC(C(=O)CCCNC(=O)c2ccc(OCc3cn(CCCOS(=O)(=O)O)nn3)nc2)C[C@@H](O[C@@H]2O[C@@H](CO)[C@H](O)C(O[C@@H](CC3CCCCC3)C(=O)O)C2NC(C)=O)[C@@H]1O[C@@H]1OC(C)[C@@H](O)[C@H](O)C1O. The highest BCUT2D eigenvalue weighted by molar-refractivity contribution is 7.80. The fraction of sp³-hybridized carbons (Fsp3) is 0.766. The molecule has 0 bridgehead atoms. The van der Waals surface area contributed by atoms with E-state index in [4.69, 9.17) is 33.0 Å². The standard InChI is InChI=1S/C47H72N6O20S/c1-4-28-19-30(32(56)12-8-15-48-44(61)29-13-14-36(49-21-29)67-24-31-22-53(52-51-31)16-9-17-68-74(64,65)66)20-33(42(28)73-47-41(60)40(59)38(57)25(2)69-47)71-46-37(50-26(3)55)43(39(58)35(23-54)72-46)70-34(45(62)63)18-27-10-6-5-7-11-27/h13-14,21-22,25,27-28,30,33-35,37-43,46-47,54,57-60H,4-12,15-20,23-24H2,1-3H3,(H,48,61)(H,50,55)(H,62,63)(H,64,65,66)/t25?,28?,30?,33-,34+,35+,37?,38-,39+,40+,41?,42-,43?,46-,47+/m1/s1. The van der Waals surface area contributed by atoms with Crippen molar-refractivity contribution in [2.45, 2.75) is 191 Å². The fourth-order valence-electron chi connectivity index (χ4n) is 10.0. The van der Waals surface area contributed by atoms with Crippen molar-refractivity contribution in [3.63, 3.8) is 0 Å². The van der Waals surface area contributed by atoms with Crippen molar-refractivity contribution in [3.05, 3.63) is 35.8 Å². The van der Waals surface area contributed by atoms with E-state index < -0.39 is 126 Å². The molecule has 4 fully saturated rings. The van der Waals surface area contributed by atoms with Gasteiger partial charge in [0.05, 0.1) is 43.3 Å². The summed E-state index contributed by atoms with van der Waals surface area (Å²) in [6, 6.07) is 1.66. The smallest absolute Gasteiger partial charge is 0.397 e. The van der Waals surface area contributed by atoms with Crippen LogP contribution in [0.15, 0.2) is 24.5 Å². The number of carbonyl (C=O) groups excluding carboxylic acids is 3.